The average Bonchev–Trinajstić information content (AvgIpc) is 2.92. The summed E-state index contributed by atoms with van der Waals surface area (Å²) in [5, 5.41) is 2.77. The topological polar surface area (TPSA) is 37.3 Å². The van der Waals surface area contributed by atoms with Crippen LogP contribution in [0.1, 0.15) is 24.2 Å². The molecule has 1 aromatic heterocycles. The van der Waals surface area contributed by atoms with Crippen molar-refractivity contribution in [3.8, 4) is 0 Å². The van der Waals surface area contributed by atoms with Crippen LogP contribution in [0.3, 0.4) is 0 Å². The number of fused-ring (bicyclic) bond motifs is 1. The number of urea groups is 1. The van der Waals surface area contributed by atoms with Crippen molar-refractivity contribution < 1.29 is 9.18 Å². The van der Waals surface area contributed by atoms with E-state index >= 15 is 0 Å². The molecule has 4 nitrogen and oxygen atoms in total. The molecule has 2 heterocycles. The molecule has 0 saturated heterocycles. The number of carbonyl (C=O) groups excluding carboxylic acids is 1. The van der Waals surface area contributed by atoms with Crippen LogP contribution in [0.15, 0.2) is 36.5 Å². The number of halogens is 1. The van der Waals surface area contributed by atoms with Crippen molar-refractivity contribution in [2.75, 3.05) is 11.9 Å². The third kappa shape index (κ3) is 2.51. The highest BCUT2D eigenvalue weighted by Crippen LogP contribution is 2.26. The lowest BCUT2D eigenvalue weighted by Crippen LogP contribution is -2.43. The molecule has 1 N–H and O–H groups in total. The molecule has 0 spiro atoms. The first-order chi connectivity index (χ1) is 10.1. The van der Waals surface area contributed by atoms with Crippen LogP contribution >= 0.6 is 0 Å². The number of amides is 2. The van der Waals surface area contributed by atoms with E-state index in [9.17, 15) is 9.18 Å². The fourth-order valence-electron chi connectivity index (χ4n) is 2.72. The summed E-state index contributed by atoms with van der Waals surface area (Å²) in [6.07, 6.45) is 2.02. The fraction of sp³-hybridized carbons (Fsp3) is 0.312. The Morgan fingerprint density at radius 2 is 2.14 bits per heavy atom. The van der Waals surface area contributed by atoms with Crippen molar-refractivity contribution in [3.63, 3.8) is 0 Å². The molecule has 5 heteroatoms. The lowest BCUT2D eigenvalue weighted by Gasteiger charge is -2.34. The largest absolute Gasteiger partial charge is 0.348 e. The number of nitrogens with one attached hydrogen (secondary N) is 1. The molecule has 0 fully saturated rings. The number of nitrogens with zero attached hydrogens (tertiary/aromatic N) is 2. The van der Waals surface area contributed by atoms with Gasteiger partial charge in [0.15, 0.2) is 0 Å². The van der Waals surface area contributed by atoms with Gasteiger partial charge in [-0.2, -0.15) is 0 Å². The van der Waals surface area contributed by atoms with E-state index < -0.39 is 0 Å². The maximum atomic E-state index is 13.5. The standard InChI is InChI=1S/C16H18FN3O/c1-11-5-6-13(10-14(11)17)18-16(21)20-9-8-19-7-3-4-15(19)12(20)2/h3-7,10,12H,8-9H2,1-2H3,(H,18,21)/t12-/m1/s1. The summed E-state index contributed by atoms with van der Waals surface area (Å²) in [4.78, 5) is 14.2. The monoisotopic (exact) mass is 287 g/mol. The van der Waals surface area contributed by atoms with E-state index in [0.29, 0.717) is 17.8 Å². The molecular formula is C16H18FN3O. The van der Waals surface area contributed by atoms with Crippen LogP contribution in [-0.4, -0.2) is 22.0 Å². The van der Waals surface area contributed by atoms with Gasteiger partial charge in [-0.15, -0.1) is 0 Å². The Bertz CT molecular complexity index is 680. The third-order valence-electron chi connectivity index (χ3n) is 4.03. The minimum absolute atomic E-state index is 0.00375. The lowest BCUT2D eigenvalue weighted by molar-refractivity contribution is 0.175. The summed E-state index contributed by atoms with van der Waals surface area (Å²) in [6.45, 7) is 5.12. The molecule has 0 saturated carbocycles. The van der Waals surface area contributed by atoms with Crippen molar-refractivity contribution in [3.05, 3.63) is 53.6 Å². The Hall–Kier alpha value is -2.30. The highest BCUT2D eigenvalue weighted by molar-refractivity contribution is 5.89. The number of aryl methyl sites for hydroxylation is 1. The molecule has 110 valence electrons. The van der Waals surface area contributed by atoms with Crippen LogP contribution in [-0.2, 0) is 6.54 Å². The lowest BCUT2D eigenvalue weighted by atomic mass is 10.1. The quantitative estimate of drug-likeness (QED) is 0.855. The van der Waals surface area contributed by atoms with Crippen LogP contribution in [0, 0.1) is 12.7 Å². The number of aromatic nitrogens is 1. The molecule has 3 rings (SSSR count). The van der Waals surface area contributed by atoms with Crippen molar-refractivity contribution in [1.29, 1.82) is 0 Å². The molecule has 0 radical (unpaired) electrons. The summed E-state index contributed by atoms with van der Waals surface area (Å²) < 4.78 is 15.7. The molecule has 2 aromatic rings. The molecule has 1 aromatic carbocycles. The Kier molecular flexibility index (Phi) is 3.41. The number of rotatable bonds is 1. The van der Waals surface area contributed by atoms with Gasteiger partial charge in [0.2, 0.25) is 0 Å². The van der Waals surface area contributed by atoms with Crippen LogP contribution in [0.2, 0.25) is 0 Å². The zero-order valence-corrected chi connectivity index (χ0v) is 12.1. The molecule has 0 aliphatic carbocycles. The van der Waals surface area contributed by atoms with Gasteiger partial charge in [-0.05, 0) is 43.7 Å². The van der Waals surface area contributed by atoms with Crippen molar-refractivity contribution in [2.45, 2.75) is 26.4 Å². The van der Waals surface area contributed by atoms with Crippen molar-refractivity contribution >= 4 is 11.7 Å². The van der Waals surface area contributed by atoms with E-state index in [1.54, 1.807) is 24.0 Å². The second-order valence-electron chi connectivity index (χ2n) is 5.39. The van der Waals surface area contributed by atoms with E-state index in [4.69, 9.17) is 0 Å². The zero-order valence-electron chi connectivity index (χ0n) is 12.1. The SMILES string of the molecule is Cc1ccc(NC(=O)N2CCn3cccc3[C@H]2C)cc1F. The van der Waals surface area contributed by atoms with Crippen LogP contribution in [0.25, 0.3) is 0 Å². The molecule has 1 atom stereocenters. The van der Waals surface area contributed by atoms with Crippen LogP contribution in [0.4, 0.5) is 14.9 Å². The molecule has 0 unspecified atom stereocenters. The van der Waals surface area contributed by atoms with Crippen molar-refractivity contribution in [2.24, 2.45) is 0 Å². The second kappa shape index (κ2) is 5.24. The summed E-state index contributed by atoms with van der Waals surface area (Å²) in [5.41, 5.74) is 2.17. The van der Waals surface area contributed by atoms with Gasteiger partial charge in [-0.3, -0.25) is 0 Å². The van der Waals surface area contributed by atoms with E-state index in [1.807, 2.05) is 25.3 Å². The Morgan fingerprint density at radius 1 is 1.33 bits per heavy atom. The van der Waals surface area contributed by atoms with Crippen LogP contribution in [0.5, 0.6) is 0 Å². The zero-order chi connectivity index (χ0) is 15.0. The molecule has 1 aliphatic heterocycles. The maximum Gasteiger partial charge on any atom is 0.322 e. The van der Waals surface area contributed by atoms with E-state index in [-0.39, 0.29) is 17.9 Å². The number of hydrogen-bond donors (Lipinski definition) is 1. The normalized spacial score (nSPS) is 17.5. The summed E-state index contributed by atoms with van der Waals surface area (Å²) in [7, 11) is 0. The minimum atomic E-state index is -0.312. The molecule has 0 bridgehead atoms. The molecule has 1 aliphatic rings. The first-order valence-corrected chi connectivity index (χ1v) is 7.05. The number of benzene rings is 1. The first kappa shape index (κ1) is 13.7. The highest BCUT2D eigenvalue weighted by Gasteiger charge is 2.27. The van der Waals surface area contributed by atoms with Gasteiger partial charge >= 0.3 is 6.03 Å². The minimum Gasteiger partial charge on any atom is -0.348 e. The summed E-state index contributed by atoms with van der Waals surface area (Å²) >= 11 is 0. The molecule has 2 amide bonds. The fourth-order valence-corrected chi connectivity index (χ4v) is 2.72. The van der Waals surface area contributed by atoms with E-state index in [0.717, 1.165) is 12.2 Å². The Morgan fingerprint density at radius 3 is 2.90 bits per heavy atom. The first-order valence-electron chi connectivity index (χ1n) is 7.05. The van der Waals surface area contributed by atoms with Gasteiger partial charge in [0, 0.05) is 30.7 Å². The number of carbonyl (C=O) groups is 1. The van der Waals surface area contributed by atoms with Gasteiger partial charge in [0.05, 0.1) is 6.04 Å². The summed E-state index contributed by atoms with van der Waals surface area (Å²) in [6, 6.07) is 8.55. The smallest absolute Gasteiger partial charge is 0.322 e. The maximum absolute atomic E-state index is 13.5. The van der Waals surface area contributed by atoms with E-state index in [2.05, 4.69) is 9.88 Å². The Balaban J connectivity index is 1.75. The predicted octanol–water partition coefficient (Wildman–Crippen LogP) is 3.54. The number of hydrogen-bond acceptors (Lipinski definition) is 1. The van der Waals surface area contributed by atoms with Gasteiger partial charge in [-0.25, -0.2) is 9.18 Å². The Labute approximate surface area is 123 Å². The van der Waals surface area contributed by atoms with Gasteiger partial charge in [-0.1, -0.05) is 6.07 Å². The van der Waals surface area contributed by atoms with Gasteiger partial charge < -0.3 is 14.8 Å². The van der Waals surface area contributed by atoms with Crippen LogP contribution < -0.4 is 5.32 Å². The predicted molar refractivity (Wildman–Crippen MR) is 79.7 cm³/mol. The average molecular weight is 287 g/mol. The highest BCUT2D eigenvalue weighted by atomic mass is 19.1. The third-order valence-corrected chi connectivity index (χ3v) is 4.03. The van der Waals surface area contributed by atoms with Gasteiger partial charge in [0.25, 0.3) is 0 Å². The van der Waals surface area contributed by atoms with Gasteiger partial charge in [0.1, 0.15) is 5.82 Å². The number of anilines is 1. The van der Waals surface area contributed by atoms with E-state index in [1.165, 1.54) is 6.07 Å². The molecule has 21 heavy (non-hydrogen) atoms. The second-order valence-corrected chi connectivity index (χ2v) is 5.39. The van der Waals surface area contributed by atoms with Crippen molar-refractivity contribution in [1.82, 2.24) is 9.47 Å². The molecular weight excluding hydrogens is 269 g/mol. The summed E-state index contributed by atoms with van der Waals surface area (Å²) in [5.74, 6) is -0.312.